The number of hydrogen-bond acceptors (Lipinski definition) is 3. The lowest BCUT2D eigenvalue weighted by Gasteiger charge is -2.34. The van der Waals surface area contributed by atoms with Crippen molar-refractivity contribution in [2.75, 3.05) is 45.8 Å². The van der Waals surface area contributed by atoms with Crippen molar-refractivity contribution in [2.24, 2.45) is 5.11 Å². The van der Waals surface area contributed by atoms with Gasteiger partial charge in [-0.2, -0.15) is 0 Å². The second kappa shape index (κ2) is 7.51. The minimum Gasteiger partial charge on any atom is -0.301 e. The summed E-state index contributed by atoms with van der Waals surface area (Å²) in [6.45, 7) is 9.86. The standard InChI is InChI=1S/C10H21N5/c1-2-5-14-7-9-15(10-8-14)6-3-4-12-13-11/h2-10H2,1H3. The predicted octanol–water partition coefficient (Wildman–Crippen LogP) is 1.71. The first-order valence-corrected chi connectivity index (χ1v) is 5.82. The van der Waals surface area contributed by atoms with Gasteiger partial charge in [0.05, 0.1) is 0 Å². The van der Waals surface area contributed by atoms with Crippen LogP contribution in [0.25, 0.3) is 10.4 Å². The van der Waals surface area contributed by atoms with Crippen molar-refractivity contribution in [1.82, 2.24) is 9.80 Å². The summed E-state index contributed by atoms with van der Waals surface area (Å²) >= 11 is 0. The van der Waals surface area contributed by atoms with Crippen LogP contribution in [0.4, 0.5) is 0 Å². The Morgan fingerprint density at radius 3 is 2.27 bits per heavy atom. The average molecular weight is 211 g/mol. The van der Waals surface area contributed by atoms with Gasteiger partial charge in [-0.25, -0.2) is 0 Å². The van der Waals surface area contributed by atoms with Gasteiger partial charge in [-0.1, -0.05) is 12.0 Å². The van der Waals surface area contributed by atoms with Crippen molar-refractivity contribution < 1.29 is 0 Å². The lowest BCUT2D eigenvalue weighted by molar-refractivity contribution is 0.132. The first-order chi connectivity index (χ1) is 7.36. The molecular formula is C10H21N5. The number of hydrogen-bond donors (Lipinski definition) is 0. The molecule has 0 aromatic rings. The topological polar surface area (TPSA) is 55.2 Å². The van der Waals surface area contributed by atoms with Gasteiger partial charge in [0.25, 0.3) is 0 Å². The highest BCUT2D eigenvalue weighted by atomic mass is 15.3. The highest BCUT2D eigenvalue weighted by Gasteiger charge is 2.14. The van der Waals surface area contributed by atoms with Crippen molar-refractivity contribution in [3.8, 4) is 0 Å². The summed E-state index contributed by atoms with van der Waals surface area (Å²) in [6, 6.07) is 0. The van der Waals surface area contributed by atoms with E-state index < -0.39 is 0 Å². The van der Waals surface area contributed by atoms with E-state index in [0.717, 1.165) is 26.1 Å². The summed E-state index contributed by atoms with van der Waals surface area (Å²) < 4.78 is 0. The molecule has 0 saturated carbocycles. The molecule has 0 unspecified atom stereocenters. The Hall–Kier alpha value is -0.770. The first-order valence-electron chi connectivity index (χ1n) is 5.82. The minimum atomic E-state index is 0.631. The molecule has 5 nitrogen and oxygen atoms in total. The normalized spacial score (nSPS) is 18.7. The van der Waals surface area contributed by atoms with Gasteiger partial charge in [0, 0.05) is 37.6 Å². The number of piperazine rings is 1. The van der Waals surface area contributed by atoms with Crippen LogP contribution in [0, 0.1) is 0 Å². The van der Waals surface area contributed by atoms with E-state index in [4.69, 9.17) is 5.53 Å². The van der Waals surface area contributed by atoms with E-state index in [0.29, 0.717) is 6.54 Å². The third-order valence-electron chi connectivity index (χ3n) is 2.80. The molecule has 0 aromatic carbocycles. The molecule has 1 saturated heterocycles. The summed E-state index contributed by atoms with van der Waals surface area (Å²) in [5.74, 6) is 0. The largest absolute Gasteiger partial charge is 0.301 e. The molecule has 0 N–H and O–H groups in total. The molecule has 0 bridgehead atoms. The SMILES string of the molecule is CCCN1CCN(CCCN=[N+]=[N-])CC1. The molecule has 0 aliphatic carbocycles. The molecule has 0 radical (unpaired) electrons. The fourth-order valence-electron chi connectivity index (χ4n) is 1.96. The molecule has 1 fully saturated rings. The van der Waals surface area contributed by atoms with Gasteiger partial charge in [0.15, 0.2) is 0 Å². The second-order valence-corrected chi connectivity index (χ2v) is 3.99. The lowest BCUT2D eigenvalue weighted by Crippen LogP contribution is -2.46. The van der Waals surface area contributed by atoms with E-state index in [1.54, 1.807) is 0 Å². The summed E-state index contributed by atoms with van der Waals surface area (Å²) in [4.78, 5) is 7.73. The number of nitrogens with zero attached hydrogens (tertiary/aromatic N) is 5. The molecule has 5 heteroatoms. The molecule has 15 heavy (non-hydrogen) atoms. The van der Waals surface area contributed by atoms with Gasteiger partial charge in [-0.3, -0.25) is 0 Å². The molecule has 0 aromatic heterocycles. The van der Waals surface area contributed by atoms with Crippen LogP contribution in [0.5, 0.6) is 0 Å². The zero-order valence-electron chi connectivity index (χ0n) is 9.60. The van der Waals surface area contributed by atoms with Crippen LogP contribution in [-0.4, -0.2) is 55.6 Å². The van der Waals surface area contributed by atoms with Gasteiger partial charge < -0.3 is 9.80 Å². The Bertz CT molecular complexity index is 204. The average Bonchev–Trinajstić information content (AvgIpc) is 2.27. The van der Waals surface area contributed by atoms with E-state index in [-0.39, 0.29) is 0 Å². The maximum Gasteiger partial charge on any atom is 0.0270 e. The number of rotatable bonds is 6. The molecule has 1 heterocycles. The van der Waals surface area contributed by atoms with E-state index in [9.17, 15) is 0 Å². The Morgan fingerprint density at radius 1 is 1.13 bits per heavy atom. The van der Waals surface area contributed by atoms with E-state index in [1.807, 2.05) is 0 Å². The van der Waals surface area contributed by atoms with Crippen LogP contribution in [0.15, 0.2) is 5.11 Å². The third kappa shape index (κ3) is 5.02. The van der Waals surface area contributed by atoms with Crippen molar-refractivity contribution in [3.05, 3.63) is 10.4 Å². The van der Waals surface area contributed by atoms with Crippen LogP contribution >= 0.6 is 0 Å². The molecular weight excluding hydrogens is 190 g/mol. The molecule has 1 aliphatic heterocycles. The highest BCUT2D eigenvalue weighted by molar-refractivity contribution is 4.71. The molecule has 86 valence electrons. The summed E-state index contributed by atoms with van der Waals surface area (Å²) in [6.07, 6.45) is 2.23. The van der Waals surface area contributed by atoms with Crippen molar-refractivity contribution in [1.29, 1.82) is 0 Å². The summed E-state index contributed by atoms with van der Waals surface area (Å²) in [5, 5.41) is 3.54. The Labute approximate surface area is 91.7 Å². The Kier molecular flexibility index (Phi) is 6.16. The zero-order chi connectivity index (χ0) is 10.9. The lowest BCUT2D eigenvalue weighted by atomic mass is 10.2. The maximum atomic E-state index is 8.14. The second-order valence-electron chi connectivity index (χ2n) is 3.99. The molecule has 1 aliphatic rings. The summed E-state index contributed by atoms with van der Waals surface area (Å²) in [7, 11) is 0. The van der Waals surface area contributed by atoms with E-state index >= 15 is 0 Å². The highest BCUT2D eigenvalue weighted by Crippen LogP contribution is 2.03. The van der Waals surface area contributed by atoms with Gasteiger partial charge in [-0.05, 0) is 31.5 Å². The van der Waals surface area contributed by atoms with Crippen LogP contribution in [0.3, 0.4) is 0 Å². The van der Waals surface area contributed by atoms with Gasteiger partial charge in [0.2, 0.25) is 0 Å². The van der Waals surface area contributed by atoms with Crippen LogP contribution in [0.1, 0.15) is 19.8 Å². The molecule has 0 amide bonds. The summed E-state index contributed by atoms with van der Waals surface area (Å²) in [5.41, 5.74) is 8.14. The minimum absolute atomic E-state index is 0.631. The molecule has 1 rings (SSSR count). The maximum absolute atomic E-state index is 8.14. The quantitative estimate of drug-likeness (QED) is 0.291. The van der Waals surface area contributed by atoms with Gasteiger partial charge >= 0.3 is 0 Å². The predicted molar refractivity (Wildman–Crippen MR) is 61.8 cm³/mol. The van der Waals surface area contributed by atoms with E-state index in [2.05, 4.69) is 26.7 Å². The van der Waals surface area contributed by atoms with Crippen molar-refractivity contribution in [3.63, 3.8) is 0 Å². The fourth-order valence-corrected chi connectivity index (χ4v) is 1.96. The number of azide groups is 1. The Morgan fingerprint density at radius 2 is 1.73 bits per heavy atom. The third-order valence-corrected chi connectivity index (χ3v) is 2.80. The van der Waals surface area contributed by atoms with Crippen LogP contribution < -0.4 is 0 Å². The fraction of sp³-hybridized carbons (Fsp3) is 1.00. The molecule has 0 spiro atoms. The first kappa shape index (κ1) is 12.3. The Balaban J connectivity index is 2.06. The van der Waals surface area contributed by atoms with Crippen molar-refractivity contribution >= 4 is 0 Å². The smallest absolute Gasteiger partial charge is 0.0270 e. The zero-order valence-corrected chi connectivity index (χ0v) is 9.60. The van der Waals surface area contributed by atoms with Gasteiger partial charge in [0.1, 0.15) is 0 Å². The monoisotopic (exact) mass is 211 g/mol. The van der Waals surface area contributed by atoms with Crippen LogP contribution in [-0.2, 0) is 0 Å². The van der Waals surface area contributed by atoms with Crippen LogP contribution in [0.2, 0.25) is 0 Å². The van der Waals surface area contributed by atoms with E-state index in [1.165, 1.54) is 26.1 Å². The van der Waals surface area contributed by atoms with Crippen molar-refractivity contribution in [2.45, 2.75) is 19.8 Å². The molecule has 0 atom stereocenters. The van der Waals surface area contributed by atoms with Gasteiger partial charge in [-0.15, -0.1) is 0 Å².